The zero-order chi connectivity index (χ0) is 14.8. The first-order valence-corrected chi connectivity index (χ1v) is 8.05. The van der Waals surface area contributed by atoms with Crippen LogP contribution in [0.15, 0.2) is 45.7 Å². The van der Waals surface area contributed by atoms with Gasteiger partial charge < -0.3 is 0 Å². The fourth-order valence-electron chi connectivity index (χ4n) is 1.92. The van der Waals surface area contributed by atoms with Gasteiger partial charge in [-0.1, -0.05) is 29.8 Å². The summed E-state index contributed by atoms with van der Waals surface area (Å²) in [7, 11) is 1.73. The predicted molar refractivity (Wildman–Crippen MR) is 88.7 cm³/mol. The van der Waals surface area contributed by atoms with Crippen LogP contribution in [0.2, 0.25) is 0 Å². The van der Waals surface area contributed by atoms with E-state index in [2.05, 4.69) is 16.0 Å². The van der Waals surface area contributed by atoms with E-state index in [0.29, 0.717) is 15.2 Å². The van der Waals surface area contributed by atoms with Crippen LogP contribution in [0, 0.1) is 6.92 Å². The molecule has 0 radical (unpaired) electrons. The number of thiazole rings is 1. The number of carbonyl (C=O) groups is 1. The molecule has 0 saturated carbocycles. The molecule has 0 bridgehead atoms. The molecule has 1 saturated heterocycles. The first-order valence-electron chi connectivity index (χ1n) is 6.36. The van der Waals surface area contributed by atoms with Crippen LogP contribution in [0.3, 0.4) is 0 Å². The Morgan fingerprint density at radius 3 is 2.95 bits per heavy atom. The number of aryl methyl sites for hydroxylation is 1. The standard InChI is InChI=1S/C15H13N3OS2/c1-10-4-3-5-11(8-10)9-12-13(19)18(2)15(21-12)17-14-16-6-7-20-14/h3-9H,1-2H3/b12-9-,17-15+. The van der Waals surface area contributed by atoms with Crippen molar-refractivity contribution in [2.45, 2.75) is 6.92 Å². The van der Waals surface area contributed by atoms with Crippen molar-refractivity contribution in [2.75, 3.05) is 7.05 Å². The highest BCUT2D eigenvalue weighted by atomic mass is 32.2. The van der Waals surface area contributed by atoms with Crippen LogP contribution in [0.25, 0.3) is 6.08 Å². The van der Waals surface area contributed by atoms with Crippen molar-refractivity contribution < 1.29 is 4.79 Å². The second-order valence-corrected chi connectivity index (χ2v) is 6.48. The lowest BCUT2D eigenvalue weighted by atomic mass is 10.1. The Balaban J connectivity index is 1.90. The van der Waals surface area contributed by atoms with Crippen LogP contribution in [-0.4, -0.2) is 28.0 Å². The molecule has 0 unspecified atom stereocenters. The smallest absolute Gasteiger partial charge is 0.266 e. The summed E-state index contributed by atoms with van der Waals surface area (Å²) in [5.41, 5.74) is 2.19. The molecule has 3 rings (SSSR count). The Kier molecular flexibility index (Phi) is 3.90. The molecule has 1 amide bonds. The lowest BCUT2D eigenvalue weighted by Crippen LogP contribution is -2.23. The van der Waals surface area contributed by atoms with Crippen molar-refractivity contribution >= 4 is 45.4 Å². The van der Waals surface area contributed by atoms with E-state index in [4.69, 9.17) is 0 Å². The van der Waals surface area contributed by atoms with Gasteiger partial charge in [0.15, 0.2) is 5.17 Å². The molecule has 2 heterocycles. The molecule has 0 spiro atoms. The number of carbonyl (C=O) groups excluding carboxylic acids is 1. The van der Waals surface area contributed by atoms with Crippen LogP contribution in [0.4, 0.5) is 5.13 Å². The van der Waals surface area contributed by atoms with Gasteiger partial charge in [-0.3, -0.25) is 9.69 Å². The van der Waals surface area contributed by atoms with E-state index in [9.17, 15) is 4.79 Å². The minimum absolute atomic E-state index is 0.0307. The Bertz CT molecular complexity index is 735. The molecule has 106 valence electrons. The molecular weight excluding hydrogens is 302 g/mol. The van der Waals surface area contributed by atoms with Gasteiger partial charge in [0.1, 0.15) is 0 Å². The quantitative estimate of drug-likeness (QED) is 0.794. The number of nitrogens with zero attached hydrogens (tertiary/aromatic N) is 3. The van der Waals surface area contributed by atoms with E-state index in [1.807, 2.05) is 36.6 Å². The molecule has 1 aromatic carbocycles. The fraction of sp³-hybridized carbons (Fsp3) is 0.133. The number of hydrogen-bond acceptors (Lipinski definition) is 5. The number of amides is 1. The Hall–Kier alpha value is -1.92. The molecule has 1 aliphatic rings. The van der Waals surface area contributed by atoms with E-state index in [-0.39, 0.29) is 5.91 Å². The van der Waals surface area contributed by atoms with Crippen molar-refractivity contribution in [2.24, 2.45) is 4.99 Å². The van der Waals surface area contributed by atoms with E-state index in [0.717, 1.165) is 5.56 Å². The number of aromatic nitrogens is 1. The summed E-state index contributed by atoms with van der Waals surface area (Å²) < 4.78 is 0. The highest BCUT2D eigenvalue weighted by Gasteiger charge is 2.30. The van der Waals surface area contributed by atoms with Gasteiger partial charge in [-0.25, -0.2) is 4.98 Å². The summed E-state index contributed by atoms with van der Waals surface area (Å²) >= 11 is 2.83. The average molecular weight is 315 g/mol. The van der Waals surface area contributed by atoms with E-state index in [1.54, 1.807) is 18.1 Å². The van der Waals surface area contributed by atoms with Gasteiger partial charge in [-0.05, 0) is 30.3 Å². The third-order valence-electron chi connectivity index (χ3n) is 2.95. The molecular formula is C15H13N3OS2. The molecule has 2 aromatic rings. The molecule has 1 aromatic heterocycles. The highest BCUT2D eigenvalue weighted by molar-refractivity contribution is 8.18. The number of benzene rings is 1. The number of rotatable bonds is 2. The molecule has 0 atom stereocenters. The first-order chi connectivity index (χ1) is 10.1. The van der Waals surface area contributed by atoms with E-state index in [1.165, 1.54) is 28.7 Å². The van der Waals surface area contributed by atoms with Crippen LogP contribution >= 0.6 is 23.1 Å². The lowest BCUT2D eigenvalue weighted by molar-refractivity contribution is -0.121. The third-order valence-corrected chi connectivity index (χ3v) is 4.68. The first kappa shape index (κ1) is 14.0. The molecule has 4 nitrogen and oxygen atoms in total. The minimum Gasteiger partial charge on any atom is -0.289 e. The largest absolute Gasteiger partial charge is 0.289 e. The lowest BCUT2D eigenvalue weighted by Gasteiger charge is -2.05. The summed E-state index contributed by atoms with van der Waals surface area (Å²) in [5, 5.41) is 3.19. The van der Waals surface area contributed by atoms with Crippen LogP contribution in [0.1, 0.15) is 11.1 Å². The maximum atomic E-state index is 12.3. The van der Waals surface area contributed by atoms with Gasteiger partial charge in [0, 0.05) is 18.6 Å². The number of thioether (sulfide) groups is 1. The fourth-order valence-corrected chi connectivity index (χ4v) is 3.45. The minimum atomic E-state index is -0.0307. The van der Waals surface area contributed by atoms with Crippen LogP contribution in [0.5, 0.6) is 0 Å². The second kappa shape index (κ2) is 5.83. The summed E-state index contributed by atoms with van der Waals surface area (Å²) in [4.78, 5) is 23.0. The number of amidine groups is 1. The predicted octanol–water partition coefficient (Wildman–Crippen LogP) is 3.69. The zero-order valence-corrected chi connectivity index (χ0v) is 13.2. The SMILES string of the molecule is Cc1cccc(/C=C2\S/C(=N/c3nccs3)N(C)C2=O)c1. The van der Waals surface area contributed by atoms with Gasteiger partial charge >= 0.3 is 0 Å². The Morgan fingerprint density at radius 1 is 1.38 bits per heavy atom. The van der Waals surface area contributed by atoms with Crippen LogP contribution in [-0.2, 0) is 4.79 Å². The van der Waals surface area contributed by atoms with Crippen molar-refractivity contribution in [3.05, 3.63) is 51.9 Å². The summed E-state index contributed by atoms with van der Waals surface area (Å²) in [6, 6.07) is 8.06. The number of hydrogen-bond donors (Lipinski definition) is 0. The van der Waals surface area contributed by atoms with E-state index < -0.39 is 0 Å². The summed E-state index contributed by atoms with van der Waals surface area (Å²) in [6.45, 7) is 2.03. The van der Waals surface area contributed by atoms with Crippen molar-refractivity contribution in [3.8, 4) is 0 Å². The van der Waals surface area contributed by atoms with Gasteiger partial charge in [-0.15, -0.1) is 11.3 Å². The highest BCUT2D eigenvalue weighted by Crippen LogP contribution is 2.33. The summed E-state index contributed by atoms with van der Waals surface area (Å²) in [6.07, 6.45) is 3.61. The Morgan fingerprint density at radius 2 is 2.24 bits per heavy atom. The third kappa shape index (κ3) is 3.06. The summed E-state index contributed by atoms with van der Waals surface area (Å²) in [5.74, 6) is -0.0307. The van der Waals surface area contributed by atoms with Crippen molar-refractivity contribution in [3.63, 3.8) is 0 Å². The molecule has 0 N–H and O–H groups in total. The van der Waals surface area contributed by atoms with E-state index >= 15 is 0 Å². The molecule has 1 aliphatic heterocycles. The number of likely N-dealkylation sites (N-methyl/N-ethyl adjacent to an activating group) is 1. The van der Waals surface area contributed by atoms with Gasteiger partial charge in [0.05, 0.1) is 4.91 Å². The van der Waals surface area contributed by atoms with Gasteiger partial charge in [-0.2, -0.15) is 4.99 Å². The van der Waals surface area contributed by atoms with Gasteiger partial charge in [0.25, 0.3) is 5.91 Å². The molecule has 1 fully saturated rings. The molecule has 0 aliphatic carbocycles. The van der Waals surface area contributed by atoms with Gasteiger partial charge in [0.2, 0.25) is 5.13 Å². The second-order valence-electron chi connectivity index (χ2n) is 4.60. The average Bonchev–Trinajstić information content (AvgIpc) is 3.05. The maximum Gasteiger partial charge on any atom is 0.266 e. The van der Waals surface area contributed by atoms with Crippen molar-refractivity contribution in [1.82, 2.24) is 9.88 Å². The Labute approximate surface area is 131 Å². The molecule has 21 heavy (non-hydrogen) atoms. The zero-order valence-electron chi connectivity index (χ0n) is 11.6. The number of aliphatic imine (C=N–C) groups is 1. The van der Waals surface area contributed by atoms with Crippen LogP contribution < -0.4 is 0 Å². The molecule has 6 heteroatoms. The topological polar surface area (TPSA) is 45.6 Å². The maximum absolute atomic E-state index is 12.3. The normalized spacial score (nSPS) is 19.0. The monoisotopic (exact) mass is 315 g/mol. The van der Waals surface area contributed by atoms with Crippen molar-refractivity contribution in [1.29, 1.82) is 0 Å².